The normalized spacial score (nSPS) is 10.8. The van der Waals surface area contributed by atoms with Gasteiger partial charge < -0.3 is 5.32 Å². The van der Waals surface area contributed by atoms with Crippen molar-refractivity contribution in [1.29, 1.82) is 0 Å². The predicted molar refractivity (Wildman–Crippen MR) is 92.1 cm³/mol. The van der Waals surface area contributed by atoms with Gasteiger partial charge in [0.15, 0.2) is 0 Å². The molecule has 0 aliphatic rings. The molecular weight excluding hydrogens is 324 g/mol. The van der Waals surface area contributed by atoms with Gasteiger partial charge in [0.2, 0.25) is 0 Å². The summed E-state index contributed by atoms with van der Waals surface area (Å²) < 4.78 is 28.3. The van der Waals surface area contributed by atoms with Crippen LogP contribution in [0.4, 0.5) is 14.6 Å². The van der Waals surface area contributed by atoms with E-state index in [2.05, 4.69) is 10.4 Å². The smallest absolute Gasteiger partial charge is 0.257 e. The van der Waals surface area contributed by atoms with E-state index in [1.165, 1.54) is 0 Å². The number of nitrogens with one attached hydrogen (secondary N) is 1. The summed E-state index contributed by atoms with van der Waals surface area (Å²) in [6.45, 7) is 5.75. The van der Waals surface area contributed by atoms with Gasteiger partial charge in [0, 0.05) is 17.7 Å². The van der Waals surface area contributed by atoms with Crippen LogP contribution in [0.2, 0.25) is 0 Å². The van der Waals surface area contributed by atoms with Gasteiger partial charge in [-0.25, -0.2) is 13.5 Å². The molecule has 0 bridgehead atoms. The van der Waals surface area contributed by atoms with Crippen molar-refractivity contribution < 1.29 is 13.6 Å². The van der Waals surface area contributed by atoms with Crippen LogP contribution in [0.5, 0.6) is 0 Å². The van der Waals surface area contributed by atoms with Crippen molar-refractivity contribution in [3.63, 3.8) is 0 Å². The zero-order valence-corrected chi connectivity index (χ0v) is 14.1. The molecule has 25 heavy (non-hydrogen) atoms. The van der Waals surface area contributed by atoms with Crippen LogP contribution in [0, 0.1) is 32.4 Å². The maximum absolute atomic E-state index is 13.3. The minimum Gasteiger partial charge on any atom is -0.306 e. The van der Waals surface area contributed by atoms with E-state index in [4.69, 9.17) is 0 Å². The molecule has 0 fully saturated rings. The second kappa shape index (κ2) is 6.47. The Bertz CT molecular complexity index is 923. The predicted octanol–water partition coefficient (Wildman–Crippen LogP) is 4.33. The summed E-state index contributed by atoms with van der Waals surface area (Å²) in [5, 5.41) is 7.07. The molecule has 0 saturated heterocycles. The van der Waals surface area contributed by atoms with E-state index >= 15 is 0 Å². The maximum Gasteiger partial charge on any atom is 0.257 e. The first-order valence-electron chi connectivity index (χ1n) is 7.74. The number of anilines is 1. The first-order chi connectivity index (χ1) is 11.8. The van der Waals surface area contributed by atoms with Crippen molar-refractivity contribution in [2.45, 2.75) is 20.8 Å². The molecule has 0 aliphatic carbocycles. The first kappa shape index (κ1) is 16.8. The van der Waals surface area contributed by atoms with Crippen LogP contribution in [0.15, 0.2) is 42.5 Å². The van der Waals surface area contributed by atoms with Crippen LogP contribution in [0.3, 0.4) is 0 Å². The molecule has 0 saturated carbocycles. The van der Waals surface area contributed by atoms with Gasteiger partial charge in [0.25, 0.3) is 5.91 Å². The van der Waals surface area contributed by atoms with Crippen LogP contribution >= 0.6 is 0 Å². The highest BCUT2D eigenvalue weighted by Crippen LogP contribution is 2.20. The Balaban J connectivity index is 1.97. The van der Waals surface area contributed by atoms with Crippen LogP contribution in [-0.2, 0) is 0 Å². The Hall–Kier alpha value is -3.02. The van der Waals surface area contributed by atoms with Crippen LogP contribution in [0.1, 0.15) is 27.2 Å². The fourth-order valence-corrected chi connectivity index (χ4v) is 2.73. The first-order valence-corrected chi connectivity index (χ1v) is 7.74. The van der Waals surface area contributed by atoms with Gasteiger partial charge >= 0.3 is 0 Å². The topological polar surface area (TPSA) is 46.9 Å². The molecule has 2 aromatic carbocycles. The molecule has 0 unspecified atom stereocenters. The highest BCUT2D eigenvalue weighted by atomic mass is 19.1. The van der Waals surface area contributed by atoms with E-state index in [0.717, 1.165) is 35.0 Å². The fourth-order valence-electron chi connectivity index (χ4n) is 2.73. The van der Waals surface area contributed by atoms with Crippen molar-refractivity contribution in [2.75, 3.05) is 5.32 Å². The molecule has 1 N–H and O–H groups in total. The molecular formula is C19H17F2N3O. The number of rotatable bonds is 3. The van der Waals surface area contributed by atoms with E-state index < -0.39 is 17.5 Å². The summed E-state index contributed by atoms with van der Waals surface area (Å²) in [5.74, 6) is -1.78. The number of hydrogen-bond donors (Lipinski definition) is 1. The Morgan fingerprint density at radius 2 is 1.52 bits per heavy atom. The van der Waals surface area contributed by atoms with Crippen LogP contribution in [-0.4, -0.2) is 15.7 Å². The number of carbonyl (C=O) groups excluding carboxylic acids is 1. The summed E-state index contributed by atoms with van der Waals surface area (Å²) >= 11 is 0. The Morgan fingerprint density at radius 3 is 2.12 bits per heavy atom. The summed E-state index contributed by atoms with van der Waals surface area (Å²) in [6, 6.07) is 10.3. The monoisotopic (exact) mass is 341 g/mol. The van der Waals surface area contributed by atoms with Crippen molar-refractivity contribution >= 4 is 11.7 Å². The van der Waals surface area contributed by atoms with E-state index in [1.54, 1.807) is 17.7 Å². The number of aromatic nitrogens is 2. The van der Waals surface area contributed by atoms with Crippen molar-refractivity contribution in [3.05, 3.63) is 76.5 Å². The van der Waals surface area contributed by atoms with Crippen LogP contribution < -0.4 is 5.32 Å². The molecule has 128 valence electrons. The molecule has 6 heteroatoms. The minimum absolute atomic E-state index is 0.0941. The van der Waals surface area contributed by atoms with Crippen molar-refractivity contribution in [1.82, 2.24) is 9.78 Å². The lowest BCUT2D eigenvalue weighted by Gasteiger charge is -2.11. The lowest BCUT2D eigenvalue weighted by Crippen LogP contribution is -2.15. The number of nitrogens with zero attached hydrogens (tertiary/aromatic N) is 2. The van der Waals surface area contributed by atoms with E-state index in [0.29, 0.717) is 11.5 Å². The van der Waals surface area contributed by atoms with Gasteiger partial charge in [-0.2, -0.15) is 5.10 Å². The average molecular weight is 341 g/mol. The average Bonchev–Trinajstić information content (AvgIpc) is 2.86. The van der Waals surface area contributed by atoms with Gasteiger partial charge in [0.1, 0.15) is 17.5 Å². The van der Waals surface area contributed by atoms with Gasteiger partial charge in [-0.05, 0) is 56.2 Å². The number of benzene rings is 2. The molecule has 4 nitrogen and oxygen atoms in total. The van der Waals surface area contributed by atoms with Gasteiger partial charge in [-0.1, -0.05) is 6.07 Å². The van der Waals surface area contributed by atoms with E-state index in [-0.39, 0.29) is 5.56 Å². The zero-order chi connectivity index (χ0) is 18.1. The molecule has 0 aliphatic heterocycles. The summed E-state index contributed by atoms with van der Waals surface area (Å²) in [6.07, 6.45) is 0. The number of carbonyl (C=O) groups is 1. The second-order valence-corrected chi connectivity index (χ2v) is 6.04. The second-order valence-electron chi connectivity index (χ2n) is 6.04. The Morgan fingerprint density at radius 1 is 0.920 bits per heavy atom. The molecule has 3 aromatic rings. The molecule has 1 amide bonds. The molecule has 3 rings (SSSR count). The van der Waals surface area contributed by atoms with Crippen molar-refractivity contribution in [3.8, 4) is 5.69 Å². The molecule has 1 aromatic heterocycles. The standard InChI is InChI=1S/C19H17F2N3O/c1-11-4-12(2)6-17(5-11)24-18(7-13(3)23-24)22-19(25)14-8-15(20)10-16(21)9-14/h4-10H,1-3H3,(H,22,25). The minimum atomic E-state index is -0.802. The third-order valence-electron chi connectivity index (χ3n) is 3.65. The molecule has 0 spiro atoms. The van der Waals surface area contributed by atoms with Crippen LogP contribution in [0.25, 0.3) is 5.69 Å². The quantitative estimate of drug-likeness (QED) is 0.771. The van der Waals surface area contributed by atoms with Gasteiger partial charge in [0.05, 0.1) is 11.4 Å². The molecule has 1 heterocycles. The number of amides is 1. The zero-order valence-electron chi connectivity index (χ0n) is 14.1. The van der Waals surface area contributed by atoms with E-state index in [9.17, 15) is 13.6 Å². The lowest BCUT2D eigenvalue weighted by molar-refractivity contribution is 0.102. The largest absolute Gasteiger partial charge is 0.306 e. The number of halogens is 2. The van der Waals surface area contributed by atoms with Gasteiger partial charge in [-0.15, -0.1) is 0 Å². The lowest BCUT2D eigenvalue weighted by atomic mass is 10.1. The summed E-state index contributed by atoms with van der Waals surface area (Å²) in [5.41, 5.74) is 3.54. The Kier molecular flexibility index (Phi) is 4.35. The fraction of sp³-hybridized carbons (Fsp3) is 0.158. The summed E-state index contributed by atoms with van der Waals surface area (Å²) in [4.78, 5) is 12.4. The highest BCUT2D eigenvalue weighted by molar-refractivity contribution is 6.04. The molecule has 0 radical (unpaired) electrons. The van der Waals surface area contributed by atoms with Crippen molar-refractivity contribution in [2.24, 2.45) is 0 Å². The Labute approximate surface area is 144 Å². The number of aryl methyl sites for hydroxylation is 3. The highest BCUT2D eigenvalue weighted by Gasteiger charge is 2.14. The summed E-state index contributed by atoms with van der Waals surface area (Å²) in [7, 11) is 0. The number of hydrogen-bond acceptors (Lipinski definition) is 2. The third kappa shape index (κ3) is 3.74. The third-order valence-corrected chi connectivity index (χ3v) is 3.65. The SMILES string of the molecule is Cc1cc(C)cc(-n2nc(C)cc2NC(=O)c2cc(F)cc(F)c2)c1. The molecule has 0 atom stereocenters. The maximum atomic E-state index is 13.3. The van der Waals surface area contributed by atoms with Gasteiger partial charge in [-0.3, -0.25) is 4.79 Å². The van der Waals surface area contributed by atoms with E-state index in [1.807, 2.05) is 32.0 Å².